The first-order valence-electron chi connectivity index (χ1n) is 5.38. The highest BCUT2D eigenvalue weighted by Crippen LogP contribution is 2.24. The zero-order chi connectivity index (χ0) is 11.5. The summed E-state index contributed by atoms with van der Waals surface area (Å²) in [5.41, 5.74) is 1.64. The number of hydrogen-bond donors (Lipinski definition) is 1. The van der Waals surface area contributed by atoms with Gasteiger partial charge in [-0.2, -0.15) is 5.26 Å². The van der Waals surface area contributed by atoms with E-state index in [4.69, 9.17) is 16.9 Å². The van der Waals surface area contributed by atoms with Crippen LogP contribution in [0.5, 0.6) is 0 Å². The molecule has 1 atom stereocenters. The monoisotopic (exact) mass is 235 g/mol. The van der Waals surface area contributed by atoms with Crippen molar-refractivity contribution in [3.05, 3.63) is 28.8 Å². The predicted molar refractivity (Wildman–Crippen MR) is 65.8 cm³/mol. The summed E-state index contributed by atoms with van der Waals surface area (Å²) in [7, 11) is 0. The molecule has 1 fully saturated rings. The molecule has 0 saturated carbocycles. The average molecular weight is 236 g/mol. The Kier molecular flexibility index (Phi) is 3.33. The predicted octanol–water partition coefficient (Wildman–Crippen LogP) is 2.01. The molecule has 0 aliphatic carbocycles. The van der Waals surface area contributed by atoms with Gasteiger partial charge in [-0.3, -0.25) is 0 Å². The lowest BCUT2D eigenvalue weighted by atomic mass is 10.1. The highest BCUT2D eigenvalue weighted by Gasteiger charge is 2.18. The Bertz CT molecular complexity index is 425. The number of nitriles is 1. The maximum atomic E-state index is 9.09. The van der Waals surface area contributed by atoms with E-state index in [-0.39, 0.29) is 0 Å². The summed E-state index contributed by atoms with van der Waals surface area (Å²) < 4.78 is 0. The minimum Gasteiger partial charge on any atom is -0.368 e. The van der Waals surface area contributed by atoms with Crippen molar-refractivity contribution in [2.24, 2.45) is 0 Å². The van der Waals surface area contributed by atoms with Gasteiger partial charge in [0.15, 0.2) is 0 Å². The van der Waals surface area contributed by atoms with Crippen LogP contribution in [0.4, 0.5) is 5.69 Å². The average Bonchev–Trinajstić information content (AvgIpc) is 2.28. The number of hydrogen-bond acceptors (Lipinski definition) is 3. The Morgan fingerprint density at radius 3 is 3.06 bits per heavy atom. The van der Waals surface area contributed by atoms with Gasteiger partial charge < -0.3 is 10.2 Å². The van der Waals surface area contributed by atoms with E-state index in [1.807, 2.05) is 12.1 Å². The topological polar surface area (TPSA) is 39.1 Å². The van der Waals surface area contributed by atoms with Crippen LogP contribution < -0.4 is 10.2 Å². The Balaban J connectivity index is 2.29. The van der Waals surface area contributed by atoms with Gasteiger partial charge in [0.05, 0.1) is 11.3 Å². The van der Waals surface area contributed by atoms with Gasteiger partial charge >= 0.3 is 0 Å². The van der Waals surface area contributed by atoms with E-state index in [9.17, 15) is 0 Å². The van der Waals surface area contributed by atoms with Crippen molar-refractivity contribution in [3.63, 3.8) is 0 Å². The number of piperazine rings is 1. The molecule has 4 heteroatoms. The third-order valence-corrected chi connectivity index (χ3v) is 3.02. The molecule has 1 N–H and O–H groups in total. The summed E-state index contributed by atoms with van der Waals surface area (Å²) in [5, 5.41) is 13.1. The van der Waals surface area contributed by atoms with Crippen molar-refractivity contribution in [2.45, 2.75) is 13.0 Å². The van der Waals surface area contributed by atoms with Crippen LogP contribution in [0, 0.1) is 11.3 Å². The second kappa shape index (κ2) is 4.73. The largest absolute Gasteiger partial charge is 0.368 e. The van der Waals surface area contributed by atoms with Crippen LogP contribution in [0.2, 0.25) is 5.02 Å². The molecule has 3 nitrogen and oxygen atoms in total. The highest BCUT2D eigenvalue weighted by molar-refractivity contribution is 6.30. The van der Waals surface area contributed by atoms with Crippen LogP contribution in [0.3, 0.4) is 0 Å². The molecule has 0 aromatic heterocycles. The van der Waals surface area contributed by atoms with Gasteiger partial charge in [0.1, 0.15) is 6.07 Å². The SMILES string of the molecule is CC1CN(c2ccc(Cl)cc2C#N)CCN1. The summed E-state index contributed by atoms with van der Waals surface area (Å²) in [6, 6.07) is 8.15. The number of benzene rings is 1. The van der Waals surface area contributed by atoms with Crippen molar-refractivity contribution in [1.29, 1.82) is 5.26 Å². The molecule has 1 aromatic rings. The zero-order valence-corrected chi connectivity index (χ0v) is 9.96. The Morgan fingerprint density at radius 1 is 1.56 bits per heavy atom. The quantitative estimate of drug-likeness (QED) is 0.810. The molecule has 84 valence electrons. The fraction of sp³-hybridized carbons (Fsp3) is 0.417. The Labute approximate surface area is 101 Å². The van der Waals surface area contributed by atoms with E-state index in [1.54, 1.807) is 6.07 Å². The Morgan fingerprint density at radius 2 is 2.38 bits per heavy atom. The molecule has 0 spiro atoms. The van der Waals surface area contributed by atoms with Gasteiger partial charge in [0.2, 0.25) is 0 Å². The van der Waals surface area contributed by atoms with Crippen LogP contribution in [0.15, 0.2) is 18.2 Å². The van der Waals surface area contributed by atoms with E-state index in [2.05, 4.69) is 23.2 Å². The molecule has 0 amide bonds. The number of halogens is 1. The van der Waals surface area contributed by atoms with Gasteiger partial charge in [0.25, 0.3) is 0 Å². The molecule has 1 saturated heterocycles. The van der Waals surface area contributed by atoms with Crippen molar-refractivity contribution >= 4 is 17.3 Å². The number of anilines is 1. The van der Waals surface area contributed by atoms with Crippen molar-refractivity contribution in [1.82, 2.24) is 5.32 Å². The van der Waals surface area contributed by atoms with Gasteiger partial charge in [-0.1, -0.05) is 11.6 Å². The van der Waals surface area contributed by atoms with E-state index in [0.717, 1.165) is 25.3 Å². The van der Waals surface area contributed by atoms with E-state index < -0.39 is 0 Å². The lowest BCUT2D eigenvalue weighted by Gasteiger charge is -2.34. The molecule has 1 aromatic carbocycles. The van der Waals surface area contributed by atoms with Crippen molar-refractivity contribution < 1.29 is 0 Å². The summed E-state index contributed by atoms with van der Waals surface area (Å²) in [4.78, 5) is 2.23. The standard InChI is InChI=1S/C12H14ClN3/c1-9-8-16(5-4-15-9)12-3-2-11(13)6-10(12)7-14/h2-3,6,9,15H,4-5,8H2,1H3. The number of nitrogens with one attached hydrogen (secondary N) is 1. The summed E-state index contributed by atoms with van der Waals surface area (Å²) in [6.07, 6.45) is 0. The molecular formula is C12H14ClN3. The molecule has 16 heavy (non-hydrogen) atoms. The first-order valence-corrected chi connectivity index (χ1v) is 5.76. The third kappa shape index (κ3) is 2.29. The summed E-state index contributed by atoms with van der Waals surface area (Å²) >= 11 is 5.88. The van der Waals surface area contributed by atoms with Crippen LogP contribution in [-0.4, -0.2) is 25.7 Å². The van der Waals surface area contributed by atoms with Gasteiger partial charge in [-0.25, -0.2) is 0 Å². The Hall–Kier alpha value is -1.24. The maximum Gasteiger partial charge on any atom is 0.101 e. The fourth-order valence-electron chi connectivity index (χ4n) is 2.02. The van der Waals surface area contributed by atoms with Crippen LogP contribution in [0.25, 0.3) is 0 Å². The number of rotatable bonds is 1. The van der Waals surface area contributed by atoms with E-state index in [0.29, 0.717) is 16.6 Å². The fourth-order valence-corrected chi connectivity index (χ4v) is 2.20. The van der Waals surface area contributed by atoms with E-state index in [1.165, 1.54) is 0 Å². The second-order valence-corrected chi connectivity index (χ2v) is 4.51. The minimum atomic E-state index is 0.455. The molecule has 1 aliphatic rings. The second-order valence-electron chi connectivity index (χ2n) is 4.07. The summed E-state index contributed by atoms with van der Waals surface area (Å²) in [6.45, 7) is 4.96. The third-order valence-electron chi connectivity index (χ3n) is 2.79. The molecule has 0 radical (unpaired) electrons. The first-order chi connectivity index (χ1) is 7.70. The molecule has 1 unspecified atom stereocenters. The van der Waals surface area contributed by atoms with Crippen LogP contribution >= 0.6 is 11.6 Å². The molecule has 0 bridgehead atoms. The molecule has 1 heterocycles. The van der Waals surface area contributed by atoms with Crippen molar-refractivity contribution in [3.8, 4) is 6.07 Å². The van der Waals surface area contributed by atoms with Crippen molar-refractivity contribution in [2.75, 3.05) is 24.5 Å². The minimum absolute atomic E-state index is 0.455. The van der Waals surface area contributed by atoms with Gasteiger partial charge in [-0.15, -0.1) is 0 Å². The summed E-state index contributed by atoms with van der Waals surface area (Å²) in [5.74, 6) is 0. The lowest BCUT2D eigenvalue weighted by molar-refractivity contribution is 0.484. The van der Waals surface area contributed by atoms with Crippen LogP contribution in [-0.2, 0) is 0 Å². The maximum absolute atomic E-state index is 9.09. The van der Waals surface area contributed by atoms with Gasteiger partial charge in [0, 0.05) is 30.7 Å². The zero-order valence-electron chi connectivity index (χ0n) is 9.20. The first kappa shape index (κ1) is 11.3. The van der Waals surface area contributed by atoms with Gasteiger partial charge in [-0.05, 0) is 25.1 Å². The smallest absolute Gasteiger partial charge is 0.101 e. The molecule has 1 aliphatic heterocycles. The number of nitrogens with zero attached hydrogens (tertiary/aromatic N) is 2. The lowest BCUT2D eigenvalue weighted by Crippen LogP contribution is -2.49. The normalized spacial score (nSPS) is 20.6. The van der Waals surface area contributed by atoms with Crippen LogP contribution in [0.1, 0.15) is 12.5 Å². The van der Waals surface area contributed by atoms with E-state index >= 15 is 0 Å². The molecular weight excluding hydrogens is 222 g/mol. The highest BCUT2D eigenvalue weighted by atomic mass is 35.5. The molecule has 2 rings (SSSR count).